The van der Waals surface area contributed by atoms with Crippen molar-refractivity contribution in [2.24, 2.45) is 0 Å². The first-order chi connectivity index (χ1) is 10.6. The molecule has 1 aromatic carbocycles. The predicted octanol–water partition coefficient (Wildman–Crippen LogP) is 3.78. The van der Waals surface area contributed by atoms with Gasteiger partial charge in [-0.15, -0.1) is 0 Å². The first-order valence-corrected chi connectivity index (χ1v) is 7.92. The quantitative estimate of drug-likeness (QED) is 0.659. The lowest BCUT2D eigenvalue weighted by atomic mass is 10.2. The second kappa shape index (κ2) is 6.32. The van der Waals surface area contributed by atoms with Gasteiger partial charge in [-0.1, -0.05) is 17.7 Å². The molecule has 2 rings (SSSR count). The first-order valence-electron chi connectivity index (χ1n) is 6.06. The number of sulfone groups is 1. The van der Waals surface area contributed by atoms with Gasteiger partial charge in [0.2, 0.25) is 0 Å². The van der Waals surface area contributed by atoms with E-state index in [1.54, 1.807) is 6.07 Å². The molecule has 2 aromatic rings. The maximum absolute atomic E-state index is 13.2. The van der Waals surface area contributed by atoms with Crippen LogP contribution in [0.1, 0.15) is 5.56 Å². The van der Waals surface area contributed by atoms with E-state index >= 15 is 0 Å². The topological polar surface area (TPSA) is 59.1 Å². The second-order valence-corrected chi connectivity index (χ2v) is 6.73. The smallest absolute Gasteiger partial charge is 0.380 e. The van der Waals surface area contributed by atoms with Gasteiger partial charge < -0.3 is 5.32 Å². The molecule has 4 nitrogen and oxygen atoms in total. The Morgan fingerprint density at radius 2 is 1.87 bits per heavy atom. The first kappa shape index (κ1) is 17.5. The predicted molar refractivity (Wildman–Crippen MR) is 76.2 cm³/mol. The van der Waals surface area contributed by atoms with Gasteiger partial charge in [-0.25, -0.2) is 17.8 Å². The molecule has 0 aliphatic carbocycles. The molecule has 0 bridgehead atoms. The third-order valence-electron chi connectivity index (χ3n) is 2.81. The van der Waals surface area contributed by atoms with E-state index in [0.29, 0.717) is 11.6 Å². The fourth-order valence-corrected chi connectivity index (χ4v) is 2.76. The third kappa shape index (κ3) is 3.91. The van der Waals surface area contributed by atoms with E-state index in [1.807, 2.05) is 0 Å². The molecule has 0 saturated carbocycles. The number of rotatable bonds is 4. The van der Waals surface area contributed by atoms with Crippen molar-refractivity contribution in [2.45, 2.75) is 16.9 Å². The molecule has 1 heterocycles. The maximum Gasteiger partial charge on any atom is 0.501 e. The molecule has 23 heavy (non-hydrogen) atoms. The van der Waals surface area contributed by atoms with Gasteiger partial charge in [0.05, 0.1) is 5.69 Å². The van der Waals surface area contributed by atoms with E-state index in [0.717, 1.165) is 12.1 Å². The van der Waals surface area contributed by atoms with Crippen LogP contribution < -0.4 is 5.32 Å². The lowest BCUT2D eigenvalue weighted by Crippen LogP contribution is -2.24. The van der Waals surface area contributed by atoms with Gasteiger partial charge >= 0.3 is 5.51 Å². The molecule has 0 radical (unpaired) electrons. The minimum absolute atomic E-state index is 0.0177. The SMILES string of the molecule is O=S(=O)(c1cc(F)ccc1NCc1ccc(Cl)nc1)C(F)(F)F. The van der Waals surface area contributed by atoms with Gasteiger partial charge in [0.1, 0.15) is 15.9 Å². The minimum Gasteiger partial charge on any atom is -0.380 e. The zero-order chi connectivity index (χ0) is 17.3. The van der Waals surface area contributed by atoms with Crippen LogP contribution in [0.4, 0.5) is 23.2 Å². The van der Waals surface area contributed by atoms with E-state index in [-0.39, 0.29) is 17.4 Å². The Morgan fingerprint density at radius 3 is 2.43 bits per heavy atom. The molecule has 1 N–H and O–H groups in total. The van der Waals surface area contributed by atoms with Crippen molar-refractivity contribution in [3.8, 4) is 0 Å². The van der Waals surface area contributed by atoms with Crippen molar-refractivity contribution in [3.05, 3.63) is 53.1 Å². The molecule has 0 aliphatic rings. The Labute approximate surface area is 134 Å². The Hall–Kier alpha value is -1.87. The largest absolute Gasteiger partial charge is 0.501 e. The maximum atomic E-state index is 13.2. The standard InChI is InChI=1S/C13H9ClF4N2O2S/c14-12-4-1-8(7-20-12)6-19-10-3-2-9(15)5-11(10)23(21,22)13(16,17)18/h1-5,7,19H,6H2. The molecule has 0 unspecified atom stereocenters. The van der Waals surface area contributed by atoms with Crippen LogP contribution in [0.5, 0.6) is 0 Å². The number of hydrogen-bond acceptors (Lipinski definition) is 4. The van der Waals surface area contributed by atoms with Crippen LogP contribution in [-0.2, 0) is 16.4 Å². The van der Waals surface area contributed by atoms with E-state index in [9.17, 15) is 26.0 Å². The molecule has 0 saturated heterocycles. The van der Waals surface area contributed by atoms with Crippen LogP contribution in [-0.4, -0.2) is 18.9 Å². The summed E-state index contributed by atoms with van der Waals surface area (Å²) < 4.78 is 74.3. The number of benzene rings is 1. The molecular weight excluding hydrogens is 360 g/mol. The van der Waals surface area contributed by atoms with Crippen molar-refractivity contribution < 1.29 is 26.0 Å². The van der Waals surface area contributed by atoms with Gasteiger partial charge in [-0.3, -0.25) is 0 Å². The molecule has 0 fully saturated rings. The summed E-state index contributed by atoms with van der Waals surface area (Å²) >= 11 is 5.60. The minimum atomic E-state index is -5.68. The molecule has 0 spiro atoms. The molecule has 0 atom stereocenters. The highest BCUT2D eigenvalue weighted by Crippen LogP contribution is 2.34. The molecule has 1 aromatic heterocycles. The average molecular weight is 369 g/mol. The third-order valence-corrected chi connectivity index (χ3v) is 4.56. The highest BCUT2D eigenvalue weighted by molar-refractivity contribution is 7.92. The number of nitrogens with zero attached hydrogens (tertiary/aromatic N) is 1. The summed E-state index contributed by atoms with van der Waals surface area (Å²) in [4.78, 5) is 2.61. The molecule has 0 aliphatic heterocycles. The van der Waals surface area contributed by atoms with Crippen molar-refractivity contribution in [1.82, 2.24) is 4.98 Å². The van der Waals surface area contributed by atoms with E-state index in [1.165, 1.54) is 12.3 Å². The van der Waals surface area contributed by atoms with Crippen LogP contribution >= 0.6 is 11.6 Å². The zero-order valence-corrected chi connectivity index (χ0v) is 12.8. The van der Waals surface area contributed by atoms with Gasteiger partial charge in [0.25, 0.3) is 9.84 Å². The van der Waals surface area contributed by atoms with E-state index in [2.05, 4.69) is 10.3 Å². The molecule has 0 amide bonds. The molecule has 124 valence electrons. The summed E-state index contributed by atoms with van der Waals surface area (Å²) in [5.41, 5.74) is -5.34. The summed E-state index contributed by atoms with van der Waals surface area (Å²) in [5.74, 6) is -1.09. The number of pyridine rings is 1. The van der Waals surface area contributed by atoms with Crippen molar-refractivity contribution >= 4 is 27.1 Å². The molecule has 10 heteroatoms. The zero-order valence-electron chi connectivity index (χ0n) is 11.2. The van der Waals surface area contributed by atoms with Gasteiger partial charge in [0, 0.05) is 12.7 Å². The number of nitrogens with one attached hydrogen (secondary N) is 1. The Morgan fingerprint density at radius 1 is 1.17 bits per heavy atom. The summed E-state index contributed by atoms with van der Waals surface area (Å²) in [7, 11) is -5.68. The highest BCUT2D eigenvalue weighted by atomic mass is 35.5. The number of aromatic nitrogens is 1. The summed E-state index contributed by atoms with van der Waals surface area (Å²) in [6, 6.07) is 5.14. The average Bonchev–Trinajstić information content (AvgIpc) is 2.46. The van der Waals surface area contributed by atoms with Gasteiger partial charge in [-0.2, -0.15) is 13.2 Å². The van der Waals surface area contributed by atoms with Crippen LogP contribution in [0, 0.1) is 5.82 Å². The summed E-state index contributed by atoms with van der Waals surface area (Å²) in [6.07, 6.45) is 1.37. The van der Waals surface area contributed by atoms with Crippen LogP contribution in [0.25, 0.3) is 0 Å². The normalized spacial score (nSPS) is 12.2. The monoisotopic (exact) mass is 368 g/mol. The summed E-state index contributed by atoms with van der Waals surface area (Å²) in [5, 5.41) is 2.76. The van der Waals surface area contributed by atoms with Crippen LogP contribution in [0.15, 0.2) is 41.4 Å². The molecular formula is C13H9ClF4N2O2S. The lowest BCUT2D eigenvalue weighted by molar-refractivity contribution is -0.0435. The summed E-state index contributed by atoms with van der Waals surface area (Å²) in [6.45, 7) is -0.0177. The van der Waals surface area contributed by atoms with Gasteiger partial charge in [0.15, 0.2) is 0 Å². The van der Waals surface area contributed by atoms with Crippen molar-refractivity contribution in [2.75, 3.05) is 5.32 Å². The van der Waals surface area contributed by atoms with Crippen molar-refractivity contribution in [1.29, 1.82) is 0 Å². The van der Waals surface area contributed by atoms with Crippen molar-refractivity contribution in [3.63, 3.8) is 0 Å². The van der Waals surface area contributed by atoms with E-state index < -0.39 is 26.1 Å². The number of hydrogen-bond donors (Lipinski definition) is 1. The second-order valence-electron chi connectivity index (χ2n) is 4.43. The Kier molecular flexibility index (Phi) is 4.81. The number of halogens is 5. The number of alkyl halides is 3. The Bertz CT molecular complexity index is 808. The van der Waals surface area contributed by atoms with Crippen LogP contribution in [0.2, 0.25) is 5.15 Å². The number of anilines is 1. The Balaban J connectivity index is 2.34. The lowest BCUT2D eigenvalue weighted by Gasteiger charge is -2.14. The van der Waals surface area contributed by atoms with Gasteiger partial charge in [-0.05, 0) is 29.8 Å². The fourth-order valence-electron chi connectivity index (χ4n) is 1.70. The fraction of sp³-hybridized carbons (Fsp3) is 0.154. The highest BCUT2D eigenvalue weighted by Gasteiger charge is 2.48. The van der Waals surface area contributed by atoms with E-state index in [4.69, 9.17) is 11.6 Å². The van der Waals surface area contributed by atoms with Crippen LogP contribution in [0.3, 0.4) is 0 Å².